The molecule has 0 saturated carbocycles. The lowest BCUT2D eigenvalue weighted by Crippen LogP contribution is -2.29. The van der Waals surface area contributed by atoms with Gasteiger partial charge in [0, 0.05) is 35.8 Å². The van der Waals surface area contributed by atoms with Crippen LogP contribution in [0.2, 0.25) is 5.02 Å². The maximum atomic E-state index is 13.4. The van der Waals surface area contributed by atoms with Gasteiger partial charge >= 0.3 is 0 Å². The zero-order chi connectivity index (χ0) is 22.9. The Bertz CT molecular complexity index is 1390. The summed E-state index contributed by atoms with van der Waals surface area (Å²) in [7, 11) is -4.08. The highest BCUT2D eigenvalue weighted by atomic mass is 79.9. The number of sulfonamides is 1. The fourth-order valence-electron chi connectivity index (χ4n) is 3.01. The molecule has 166 valence electrons. The first-order chi connectivity index (χ1) is 15.2. The van der Waals surface area contributed by atoms with Gasteiger partial charge in [-0.25, -0.2) is 26.9 Å². The van der Waals surface area contributed by atoms with E-state index in [0.717, 1.165) is 17.7 Å². The Morgan fingerprint density at radius 3 is 2.50 bits per heavy atom. The minimum Gasteiger partial charge on any atom is -0.369 e. The molecule has 0 aliphatic carbocycles. The number of nitrogens with zero attached hydrogens (tertiary/aromatic N) is 3. The maximum absolute atomic E-state index is 13.4. The third kappa shape index (κ3) is 4.75. The van der Waals surface area contributed by atoms with Gasteiger partial charge in [-0.15, -0.1) is 0 Å². The number of fused-ring (bicyclic) bond motifs is 1. The van der Waals surface area contributed by atoms with Crippen molar-refractivity contribution in [1.82, 2.24) is 19.3 Å². The number of aromatic nitrogens is 3. The minimum atomic E-state index is -4.08. The Balaban J connectivity index is 1.54. The number of hydrogen-bond donors (Lipinski definition) is 2. The van der Waals surface area contributed by atoms with Crippen LogP contribution < -0.4 is 10.0 Å². The molecule has 0 fully saturated rings. The van der Waals surface area contributed by atoms with Crippen molar-refractivity contribution in [3.63, 3.8) is 0 Å². The highest BCUT2D eigenvalue weighted by Crippen LogP contribution is 2.30. The predicted octanol–water partition coefficient (Wildman–Crippen LogP) is 4.48. The summed E-state index contributed by atoms with van der Waals surface area (Å²) in [6.07, 6.45) is 1.59. The van der Waals surface area contributed by atoms with Crippen LogP contribution >= 0.6 is 27.5 Å². The number of rotatable bonds is 7. The molecule has 0 bridgehead atoms. The molecular weight excluding hydrogens is 528 g/mol. The minimum absolute atomic E-state index is 0.0475. The summed E-state index contributed by atoms with van der Waals surface area (Å²) >= 11 is 9.72. The smallest absolute Gasteiger partial charge is 0.240 e. The average Bonchev–Trinajstić information content (AvgIpc) is 3.12. The van der Waals surface area contributed by atoms with E-state index in [0.29, 0.717) is 32.7 Å². The van der Waals surface area contributed by atoms with Crippen molar-refractivity contribution in [2.24, 2.45) is 0 Å². The Morgan fingerprint density at radius 2 is 1.78 bits per heavy atom. The van der Waals surface area contributed by atoms with Gasteiger partial charge in [0.2, 0.25) is 10.0 Å². The second-order valence-corrected chi connectivity index (χ2v) is 9.69. The van der Waals surface area contributed by atoms with Gasteiger partial charge in [-0.3, -0.25) is 0 Å². The quantitative estimate of drug-likeness (QED) is 0.336. The van der Waals surface area contributed by atoms with E-state index in [4.69, 9.17) is 11.6 Å². The van der Waals surface area contributed by atoms with Gasteiger partial charge in [0.15, 0.2) is 5.65 Å². The Hall–Kier alpha value is -2.60. The third-order valence-electron chi connectivity index (χ3n) is 4.45. The van der Waals surface area contributed by atoms with Crippen molar-refractivity contribution in [3.05, 3.63) is 75.9 Å². The first-order valence-electron chi connectivity index (χ1n) is 9.23. The molecule has 0 amide bonds. The summed E-state index contributed by atoms with van der Waals surface area (Å²) in [6.45, 7) is 0.115. The Labute approximate surface area is 195 Å². The van der Waals surface area contributed by atoms with E-state index in [1.54, 1.807) is 22.8 Å². The van der Waals surface area contributed by atoms with E-state index >= 15 is 0 Å². The summed E-state index contributed by atoms with van der Waals surface area (Å²) < 4.78 is 55.9. The fraction of sp³-hybridized carbons (Fsp3) is 0.100. The van der Waals surface area contributed by atoms with E-state index in [1.807, 2.05) is 18.2 Å². The van der Waals surface area contributed by atoms with E-state index in [-0.39, 0.29) is 13.1 Å². The molecule has 2 N–H and O–H groups in total. The number of nitrogens with one attached hydrogen (secondary N) is 2. The maximum Gasteiger partial charge on any atom is 0.240 e. The molecule has 0 radical (unpaired) electrons. The number of hydrogen-bond acceptors (Lipinski definition) is 5. The summed E-state index contributed by atoms with van der Waals surface area (Å²) in [5.41, 5.74) is 1.87. The van der Waals surface area contributed by atoms with Crippen LogP contribution in [-0.2, 0) is 10.0 Å². The molecule has 12 heteroatoms. The molecule has 32 heavy (non-hydrogen) atoms. The molecule has 0 aliphatic heterocycles. The molecule has 2 aromatic carbocycles. The zero-order valence-electron chi connectivity index (χ0n) is 16.2. The molecule has 4 rings (SSSR count). The lowest BCUT2D eigenvalue weighted by Gasteiger charge is -2.12. The predicted molar refractivity (Wildman–Crippen MR) is 121 cm³/mol. The molecule has 0 spiro atoms. The van der Waals surface area contributed by atoms with Crippen molar-refractivity contribution < 1.29 is 17.2 Å². The van der Waals surface area contributed by atoms with Crippen molar-refractivity contribution in [3.8, 4) is 11.3 Å². The van der Waals surface area contributed by atoms with Gasteiger partial charge < -0.3 is 5.32 Å². The summed E-state index contributed by atoms with van der Waals surface area (Å²) in [5, 5.41) is 7.89. The van der Waals surface area contributed by atoms with Crippen LogP contribution in [0, 0.1) is 11.6 Å². The van der Waals surface area contributed by atoms with E-state index < -0.39 is 26.6 Å². The van der Waals surface area contributed by atoms with Crippen molar-refractivity contribution in [2.75, 3.05) is 18.4 Å². The Morgan fingerprint density at radius 1 is 1.06 bits per heavy atom. The second-order valence-electron chi connectivity index (χ2n) is 6.66. The summed E-state index contributed by atoms with van der Waals surface area (Å²) in [6, 6.07) is 11.1. The normalized spacial score (nSPS) is 11.8. The van der Waals surface area contributed by atoms with E-state index in [2.05, 4.69) is 36.1 Å². The molecule has 4 aromatic rings. The molecule has 2 heterocycles. The van der Waals surface area contributed by atoms with Crippen LogP contribution in [0.3, 0.4) is 0 Å². The van der Waals surface area contributed by atoms with Gasteiger partial charge in [0.25, 0.3) is 0 Å². The number of benzene rings is 2. The average molecular weight is 543 g/mol. The Kier molecular flexibility index (Phi) is 6.42. The van der Waals surface area contributed by atoms with Gasteiger partial charge in [0.1, 0.15) is 17.5 Å². The largest absolute Gasteiger partial charge is 0.369 e. The van der Waals surface area contributed by atoms with Crippen molar-refractivity contribution in [2.45, 2.75) is 4.90 Å². The van der Waals surface area contributed by atoms with E-state index in [9.17, 15) is 17.2 Å². The molecule has 0 aliphatic rings. The zero-order valence-corrected chi connectivity index (χ0v) is 19.3. The van der Waals surface area contributed by atoms with Crippen molar-refractivity contribution >= 4 is 49.0 Å². The highest BCUT2D eigenvalue weighted by molar-refractivity contribution is 9.10. The molecule has 0 unspecified atom stereocenters. The first kappa shape index (κ1) is 22.6. The highest BCUT2D eigenvalue weighted by Gasteiger charge is 2.17. The van der Waals surface area contributed by atoms with Crippen LogP contribution in [0.25, 0.3) is 16.9 Å². The lowest BCUT2D eigenvalue weighted by atomic mass is 10.1. The van der Waals surface area contributed by atoms with Crippen LogP contribution in [0.4, 0.5) is 14.6 Å². The van der Waals surface area contributed by atoms with Crippen LogP contribution in [0.1, 0.15) is 0 Å². The topological polar surface area (TPSA) is 88.4 Å². The summed E-state index contributed by atoms with van der Waals surface area (Å²) in [4.78, 5) is 4.11. The summed E-state index contributed by atoms with van der Waals surface area (Å²) in [5.74, 6) is -1.40. The monoisotopic (exact) mass is 541 g/mol. The van der Waals surface area contributed by atoms with Crippen LogP contribution in [-0.4, -0.2) is 36.1 Å². The first-order valence-corrected chi connectivity index (χ1v) is 11.9. The van der Waals surface area contributed by atoms with Crippen LogP contribution in [0.5, 0.6) is 0 Å². The van der Waals surface area contributed by atoms with Gasteiger partial charge in [-0.05, 0) is 34.1 Å². The van der Waals surface area contributed by atoms with Gasteiger partial charge in [-0.2, -0.15) is 9.61 Å². The molecular formula is C20H15BrClF2N5O2S. The molecule has 0 atom stereocenters. The lowest BCUT2D eigenvalue weighted by molar-refractivity contribution is 0.562. The molecule has 2 aromatic heterocycles. The SMILES string of the molecule is O=S(=O)(NCCNc1cc(-c2ccccc2Cl)nc2c(Br)cnn12)c1cc(F)cc(F)c1. The fourth-order valence-corrected chi connectivity index (χ4v) is 4.67. The van der Waals surface area contributed by atoms with Gasteiger partial charge in [0.05, 0.1) is 21.3 Å². The standard InChI is InChI=1S/C20H15BrClF2N5O2S/c21-16-11-26-29-19(10-18(28-20(16)29)15-3-1-2-4-17(15)22)25-5-6-27-32(30,31)14-8-12(23)7-13(24)9-14/h1-4,7-11,25,27H,5-6H2. The second kappa shape index (κ2) is 9.10. The number of anilines is 1. The third-order valence-corrected chi connectivity index (χ3v) is 6.78. The van der Waals surface area contributed by atoms with Crippen LogP contribution in [0.15, 0.2) is 64.1 Å². The molecule has 7 nitrogen and oxygen atoms in total. The molecule has 0 saturated heterocycles. The van der Waals surface area contributed by atoms with Gasteiger partial charge in [-0.1, -0.05) is 29.8 Å². The number of halogens is 4. The van der Waals surface area contributed by atoms with E-state index in [1.165, 1.54) is 0 Å². The van der Waals surface area contributed by atoms with Crippen molar-refractivity contribution in [1.29, 1.82) is 0 Å².